The number of halogens is 2. The summed E-state index contributed by atoms with van der Waals surface area (Å²) >= 11 is 0. The molecule has 0 bridgehead atoms. The monoisotopic (exact) mass is 296 g/mol. The molecule has 0 radical (unpaired) electrons. The maximum absolute atomic E-state index is 13.7. The molecule has 1 aromatic rings. The Bertz CT molecular complexity index is 554. The first-order valence-electron chi connectivity index (χ1n) is 7.07. The lowest BCUT2D eigenvalue weighted by Crippen LogP contribution is -2.62. The molecule has 3 heterocycles. The minimum Gasteiger partial charge on any atom is -0.334 e. The first-order chi connectivity index (χ1) is 10.0. The Hall–Kier alpha value is -1.60. The number of nitrogens with zero attached hydrogens (tertiary/aromatic N) is 4. The molecule has 2 aliphatic rings. The number of piperazine rings is 2. The molecule has 0 spiro atoms. The summed E-state index contributed by atoms with van der Waals surface area (Å²) in [5.74, 6) is -2.13. The van der Waals surface area contributed by atoms with Crippen LogP contribution in [0.25, 0.3) is 0 Å². The van der Waals surface area contributed by atoms with E-state index in [9.17, 15) is 13.6 Å². The van der Waals surface area contributed by atoms with Crippen LogP contribution in [0, 0.1) is 11.6 Å². The summed E-state index contributed by atoms with van der Waals surface area (Å²) in [6.07, 6.45) is 0.876. The Morgan fingerprint density at radius 1 is 1.24 bits per heavy atom. The number of rotatable bonds is 1. The van der Waals surface area contributed by atoms with E-state index < -0.39 is 17.5 Å². The number of amides is 1. The molecule has 1 amide bonds. The van der Waals surface area contributed by atoms with Crippen molar-refractivity contribution < 1.29 is 13.6 Å². The molecule has 7 heteroatoms. The van der Waals surface area contributed by atoms with E-state index in [1.165, 1.54) is 0 Å². The zero-order chi connectivity index (χ0) is 15.0. The van der Waals surface area contributed by atoms with Crippen molar-refractivity contribution in [3.63, 3.8) is 0 Å². The fourth-order valence-corrected chi connectivity index (χ4v) is 3.02. The van der Waals surface area contributed by atoms with Crippen LogP contribution in [-0.2, 0) is 0 Å². The maximum Gasteiger partial charge on any atom is 0.275 e. The van der Waals surface area contributed by atoms with E-state index in [1.54, 1.807) is 4.90 Å². The van der Waals surface area contributed by atoms with Crippen LogP contribution < -0.4 is 0 Å². The fourth-order valence-electron chi connectivity index (χ4n) is 3.02. The van der Waals surface area contributed by atoms with Crippen molar-refractivity contribution in [1.29, 1.82) is 0 Å². The number of fused-ring (bicyclic) bond motifs is 1. The maximum atomic E-state index is 13.7. The molecule has 0 aliphatic carbocycles. The van der Waals surface area contributed by atoms with E-state index in [1.807, 2.05) is 0 Å². The number of pyridine rings is 1. The topological polar surface area (TPSA) is 39.7 Å². The van der Waals surface area contributed by atoms with E-state index in [0.29, 0.717) is 19.2 Å². The number of hydrogen-bond donors (Lipinski definition) is 0. The first kappa shape index (κ1) is 14.3. The quantitative estimate of drug-likeness (QED) is 0.753. The highest BCUT2D eigenvalue weighted by molar-refractivity contribution is 5.92. The lowest BCUT2D eigenvalue weighted by molar-refractivity contribution is 0.0184. The van der Waals surface area contributed by atoms with Gasteiger partial charge in [-0.05, 0) is 7.05 Å². The van der Waals surface area contributed by atoms with Crippen LogP contribution in [-0.4, -0.2) is 77.9 Å². The molecular formula is C14H18F2N4O. The molecule has 21 heavy (non-hydrogen) atoms. The third-order valence-corrected chi connectivity index (χ3v) is 4.19. The predicted molar refractivity (Wildman–Crippen MR) is 72.9 cm³/mol. The van der Waals surface area contributed by atoms with Gasteiger partial charge in [0.15, 0.2) is 11.5 Å². The molecule has 114 valence electrons. The van der Waals surface area contributed by atoms with E-state index >= 15 is 0 Å². The number of aromatic nitrogens is 1. The van der Waals surface area contributed by atoms with Crippen LogP contribution >= 0.6 is 0 Å². The highest BCUT2D eigenvalue weighted by Crippen LogP contribution is 2.17. The highest BCUT2D eigenvalue weighted by atomic mass is 19.1. The number of carbonyl (C=O) groups excluding carboxylic acids is 1. The molecule has 3 rings (SSSR count). The lowest BCUT2D eigenvalue weighted by atomic mass is 10.1. The Morgan fingerprint density at radius 2 is 2.00 bits per heavy atom. The minimum absolute atomic E-state index is 0.268. The Kier molecular flexibility index (Phi) is 3.86. The van der Waals surface area contributed by atoms with Gasteiger partial charge < -0.3 is 9.80 Å². The lowest BCUT2D eigenvalue weighted by Gasteiger charge is -2.46. The molecule has 2 fully saturated rings. The van der Waals surface area contributed by atoms with Gasteiger partial charge in [0.25, 0.3) is 5.91 Å². The summed E-state index contributed by atoms with van der Waals surface area (Å²) in [5, 5.41) is 0. The smallest absolute Gasteiger partial charge is 0.275 e. The van der Waals surface area contributed by atoms with Crippen molar-refractivity contribution >= 4 is 5.91 Å². The van der Waals surface area contributed by atoms with Gasteiger partial charge >= 0.3 is 0 Å². The standard InChI is InChI=1S/C14H18F2N4O/c1-18-2-3-19-4-5-20(9-11(19)8-18)14(21)13-12(16)6-10(15)7-17-13/h6-7,11H,2-5,8-9H2,1H3/t11-/m1/s1. The van der Waals surface area contributed by atoms with Gasteiger partial charge in [0, 0.05) is 51.4 Å². The van der Waals surface area contributed by atoms with E-state index in [4.69, 9.17) is 0 Å². The largest absolute Gasteiger partial charge is 0.334 e. The van der Waals surface area contributed by atoms with Gasteiger partial charge in [-0.1, -0.05) is 0 Å². The van der Waals surface area contributed by atoms with Crippen LogP contribution in [0.3, 0.4) is 0 Å². The van der Waals surface area contributed by atoms with Crippen molar-refractivity contribution in [2.75, 3.05) is 46.3 Å². The van der Waals surface area contributed by atoms with E-state index in [-0.39, 0.29) is 11.7 Å². The highest BCUT2D eigenvalue weighted by Gasteiger charge is 2.34. The molecule has 1 atom stereocenters. The molecule has 2 saturated heterocycles. The third-order valence-electron chi connectivity index (χ3n) is 4.19. The molecule has 2 aliphatic heterocycles. The number of hydrogen-bond acceptors (Lipinski definition) is 4. The normalized spacial score (nSPS) is 24.0. The second-order valence-corrected chi connectivity index (χ2v) is 5.69. The summed E-state index contributed by atoms with van der Waals surface area (Å²) in [6, 6.07) is 0.968. The van der Waals surface area contributed by atoms with Gasteiger partial charge in [-0.15, -0.1) is 0 Å². The van der Waals surface area contributed by atoms with Crippen molar-refractivity contribution in [3.8, 4) is 0 Å². The average molecular weight is 296 g/mol. The van der Waals surface area contributed by atoms with Crippen LogP contribution in [0.1, 0.15) is 10.5 Å². The summed E-state index contributed by atoms with van der Waals surface area (Å²) in [7, 11) is 2.05. The van der Waals surface area contributed by atoms with Crippen molar-refractivity contribution in [2.24, 2.45) is 0 Å². The van der Waals surface area contributed by atoms with Gasteiger partial charge in [-0.3, -0.25) is 9.69 Å². The van der Waals surface area contributed by atoms with Gasteiger partial charge in [0.2, 0.25) is 0 Å². The molecule has 0 unspecified atom stereocenters. The summed E-state index contributed by atoms with van der Waals surface area (Å²) in [6.45, 7) is 4.81. The van der Waals surface area contributed by atoms with Crippen LogP contribution in [0.15, 0.2) is 12.3 Å². The van der Waals surface area contributed by atoms with Crippen molar-refractivity contribution in [2.45, 2.75) is 6.04 Å². The van der Waals surface area contributed by atoms with Crippen LogP contribution in [0.4, 0.5) is 8.78 Å². The average Bonchev–Trinajstić information content (AvgIpc) is 2.46. The number of carbonyl (C=O) groups is 1. The van der Waals surface area contributed by atoms with E-state index in [2.05, 4.69) is 21.8 Å². The van der Waals surface area contributed by atoms with Gasteiger partial charge in [0.05, 0.1) is 6.20 Å². The molecule has 0 aromatic carbocycles. The molecular weight excluding hydrogens is 278 g/mol. The van der Waals surface area contributed by atoms with Gasteiger partial charge in [-0.2, -0.15) is 0 Å². The summed E-state index contributed by atoms with van der Waals surface area (Å²) < 4.78 is 26.6. The van der Waals surface area contributed by atoms with Crippen LogP contribution in [0.5, 0.6) is 0 Å². The van der Waals surface area contributed by atoms with Crippen molar-refractivity contribution in [1.82, 2.24) is 19.7 Å². The Labute approximate surface area is 122 Å². The Balaban J connectivity index is 1.73. The summed E-state index contributed by atoms with van der Waals surface area (Å²) in [5.41, 5.74) is -0.297. The Morgan fingerprint density at radius 3 is 2.76 bits per heavy atom. The second-order valence-electron chi connectivity index (χ2n) is 5.69. The van der Waals surface area contributed by atoms with Gasteiger partial charge in [0.1, 0.15) is 5.82 Å². The van der Waals surface area contributed by atoms with Gasteiger partial charge in [-0.25, -0.2) is 13.8 Å². The molecule has 0 saturated carbocycles. The fraction of sp³-hybridized carbons (Fsp3) is 0.571. The molecule has 5 nitrogen and oxygen atoms in total. The molecule has 0 N–H and O–H groups in total. The predicted octanol–water partition coefficient (Wildman–Crippen LogP) is 0.432. The number of likely N-dealkylation sites (N-methyl/N-ethyl adjacent to an activating group) is 1. The third kappa shape index (κ3) is 2.89. The zero-order valence-electron chi connectivity index (χ0n) is 11.9. The summed E-state index contributed by atoms with van der Waals surface area (Å²) in [4.78, 5) is 22.2. The first-order valence-corrected chi connectivity index (χ1v) is 7.07. The minimum atomic E-state index is -0.900. The van der Waals surface area contributed by atoms with Crippen molar-refractivity contribution in [3.05, 3.63) is 29.6 Å². The SMILES string of the molecule is CN1CCN2CCN(C(=O)c3ncc(F)cc3F)C[C@H]2C1. The second kappa shape index (κ2) is 5.65. The van der Waals surface area contributed by atoms with Crippen LogP contribution in [0.2, 0.25) is 0 Å². The molecule has 1 aromatic heterocycles. The zero-order valence-corrected chi connectivity index (χ0v) is 11.9. The van der Waals surface area contributed by atoms with E-state index in [0.717, 1.165) is 32.4 Å².